The zero-order valence-corrected chi connectivity index (χ0v) is 9.79. The number of hydrogen-bond donors (Lipinski definition) is 2. The number of ether oxygens (including phenoxy) is 1. The molecule has 1 aromatic rings. The van der Waals surface area contributed by atoms with Gasteiger partial charge < -0.3 is 4.74 Å². The van der Waals surface area contributed by atoms with Crippen LogP contribution in [0.2, 0.25) is 0 Å². The molecule has 0 fully saturated rings. The number of benzene rings is 1. The molecule has 1 aliphatic heterocycles. The van der Waals surface area contributed by atoms with Crippen LogP contribution in [0.4, 0.5) is 0 Å². The summed E-state index contributed by atoms with van der Waals surface area (Å²) < 4.78 is 5.56. The Bertz CT molecular complexity index is 412. The van der Waals surface area contributed by atoms with Crippen molar-refractivity contribution in [3.63, 3.8) is 0 Å². The average molecular weight is 218 g/mol. The third-order valence-electron chi connectivity index (χ3n) is 2.92. The highest BCUT2D eigenvalue weighted by molar-refractivity contribution is 5.36. The Morgan fingerprint density at radius 2 is 2.19 bits per heavy atom. The summed E-state index contributed by atoms with van der Waals surface area (Å²) in [6, 6.07) is 6.35. The molecular formula is C13H18N2O. The van der Waals surface area contributed by atoms with Crippen LogP contribution in [-0.2, 0) is 4.74 Å². The van der Waals surface area contributed by atoms with E-state index in [0.29, 0.717) is 0 Å². The predicted molar refractivity (Wildman–Crippen MR) is 64.6 cm³/mol. The first kappa shape index (κ1) is 11.2. The summed E-state index contributed by atoms with van der Waals surface area (Å²) in [6.07, 6.45) is 3.07. The lowest BCUT2D eigenvalue weighted by molar-refractivity contribution is 0.215. The van der Waals surface area contributed by atoms with Crippen LogP contribution in [0.3, 0.4) is 0 Å². The zero-order chi connectivity index (χ0) is 11.5. The maximum absolute atomic E-state index is 5.62. The summed E-state index contributed by atoms with van der Waals surface area (Å²) in [5, 5.41) is 0. The van der Waals surface area contributed by atoms with Crippen molar-refractivity contribution in [2.24, 2.45) is 5.84 Å². The van der Waals surface area contributed by atoms with Crippen LogP contribution in [-0.4, -0.2) is 6.61 Å². The van der Waals surface area contributed by atoms with E-state index in [2.05, 4.69) is 43.5 Å². The standard InChI is InChI=1S/C13H18N2O/c1-9-5-6-11(10(2)8-9)13(15-14)12-4-3-7-16-12/h4-6,8,13,15H,3,7,14H2,1-2H3. The second-order valence-corrected chi connectivity index (χ2v) is 4.20. The van der Waals surface area contributed by atoms with E-state index >= 15 is 0 Å². The minimum Gasteiger partial charge on any atom is -0.496 e. The van der Waals surface area contributed by atoms with Crippen molar-refractivity contribution in [3.05, 3.63) is 46.7 Å². The van der Waals surface area contributed by atoms with Gasteiger partial charge in [-0.1, -0.05) is 23.8 Å². The first-order valence-electron chi connectivity index (χ1n) is 5.58. The molecule has 0 spiro atoms. The number of hydrogen-bond acceptors (Lipinski definition) is 3. The fraction of sp³-hybridized carbons (Fsp3) is 0.385. The Kier molecular flexibility index (Phi) is 3.27. The molecule has 1 atom stereocenters. The number of rotatable bonds is 3. The van der Waals surface area contributed by atoms with Gasteiger partial charge in [0, 0.05) is 6.42 Å². The van der Waals surface area contributed by atoms with Gasteiger partial charge in [0.2, 0.25) is 0 Å². The molecule has 0 radical (unpaired) electrons. The SMILES string of the molecule is Cc1ccc(C(NN)C2=CCCO2)c(C)c1. The van der Waals surface area contributed by atoms with Crippen LogP contribution in [0.5, 0.6) is 0 Å². The fourth-order valence-corrected chi connectivity index (χ4v) is 2.11. The molecule has 1 heterocycles. The molecule has 0 aliphatic carbocycles. The second kappa shape index (κ2) is 4.68. The van der Waals surface area contributed by atoms with Crippen LogP contribution in [0, 0.1) is 13.8 Å². The van der Waals surface area contributed by atoms with E-state index in [1.165, 1.54) is 16.7 Å². The van der Waals surface area contributed by atoms with Gasteiger partial charge in [0.1, 0.15) is 11.8 Å². The Morgan fingerprint density at radius 3 is 2.75 bits per heavy atom. The smallest absolute Gasteiger partial charge is 0.115 e. The van der Waals surface area contributed by atoms with E-state index in [9.17, 15) is 0 Å². The lowest BCUT2D eigenvalue weighted by Gasteiger charge is -2.19. The van der Waals surface area contributed by atoms with Crippen molar-refractivity contribution in [1.29, 1.82) is 0 Å². The highest BCUT2D eigenvalue weighted by Crippen LogP contribution is 2.28. The van der Waals surface area contributed by atoms with Crippen molar-refractivity contribution in [3.8, 4) is 0 Å². The molecule has 1 aromatic carbocycles. The minimum atomic E-state index is -0.0249. The summed E-state index contributed by atoms with van der Waals surface area (Å²) >= 11 is 0. The summed E-state index contributed by atoms with van der Waals surface area (Å²) in [4.78, 5) is 0. The monoisotopic (exact) mass is 218 g/mol. The Hall–Kier alpha value is -1.32. The summed E-state index contributed by atoms with van der Waals surface area (Å²) in [6.45, 7) is 4.95. The predicted octanol–water partition coefficient (Wildman–Crippen LogP) is 2.11. The molecule has 1 aliphatic rings. The lowest BCUT2D eigenvalue weighted by Crippen LogP contribution is -2.30. The molecule has 0 saturated carbocycles. The first-order valence-corrected chi connectivity index (χ1v) is 5.58. The lowest BCUT2D eigenvalue weighted by atomic mass is 9.98. The van der Waals surface area contributed by atoms with Crippen molar-refractivity contribution >= 4 is 0 Å². The van der Waals surface area contributed by atoms with Crippen molar-refractivity contribution < 1.29 is 4.74 Å². The maximum Gasteiger partial charge on any atom is 0.115 e. The van der Waals surface area contributed by atoms with Gasteiger partial charge in [-0.05, 0) is 31.1 Å². The number of hydrazine groups is 1. The van der Waals surface area contributed by atoms with E-state index in [4.69, 9.17) is 10.6 Å². The zero-order valence-electron chi connectivity index (χ0n) is 9.79. The Morgan fingerprint density at radius 1 is 1.38 bits per heavy atom. The third-order valence-corrected chi connectivity index (χ3v) is 2.92. The Balaban J connectivity index is 2.32. The van der Waals surface area contributed by atoms with E-state index < -0.39 is 0 Å². The largest absolute Gasteiger partial charge is 0.496 e. The quantitative estimate of drug-likeness (QED) is 0.603. The van der Waals surface area contributed by atoms with Crippen LogP contribution < -0.4 is 11.3 Å². The molecule has 0 amide bonds. The van der Waals surface area contributed by atoms with Gasteiger partial charge in [-0.3, -0.25) is 5.84 Å². The van der Waals surface area contributed by atoms with E-state index in [0.717, 1.165) is 18.8 Å². The summed E-state index contributed by atoms with van der Waals surface area (Å²) in [5.41, 5.74) is 6.51. The van der Waals surface area contributed by atoms with E-state index in [-0.39, 0.29) is 6.04 Å². The molecule has 0 aromatic heterocycles. The van der Waals surface area contributed by atoms with Gasteiger partial charge in [-0.15, -0.1) is 0 Å². The number of nitrogens with two attached hydrogens (primary N) is 1. The number of aryl methyl sites for hydroxylation is 2. The second-order valence-electron chi connectivity index (χ2n) is 4.20. The molecule has 0 saturated heterocycles. The van der Waals surface area contributed by atoms with Crippen LogP contribution in [0.25, 0.3) is 0 Å². The Labute approximate surface area is 96.3 Å². The maximum atomic E-state index is 5.62. The number of nitrogens with one attached hydrogen (secondary N) is 1. The van der Waals surface area contributed by atoms with Crippen molar-refractivity contribution in [2.75, 3.05) is 6.61 Å². The highest BCUT2D eigenvalue weighted by Gasteiger charge is 2.20. The molecule has 3 heteroatoms. The topological polar surface area (TPSA) is 47.3 Å². The molecule has 2 rings (SSSR count). The molecule has 3 nitrogen and oxygen atoms in total. The molecular weight excluding hydrogens is 200 g/mol. The third kappa shape index (κ3) is 2.10. The van der Waals surface area contributed by atoms with Gasteiger partial charge in [-0.2, -0.15) is 0 Å². The van der Waals surface area contributed by atoms with Gasteiger partial charge >= 0.3 is 0 Å². The first-order chi connectivity index (χ1) is 7.72. The van der Waals surface area contributed by atoms with Crippen LogP contribution in [0.15, 0.2) is 30.0 Å². The van der Waals surface area contributed by atoms with Gasteiger partial charge in [0.25, 0.3) is 0 Å². The summed E-state index contributed by atoms with van der Waals surface area (Å²) in [7, 11) is 0. The molecule has 0 bridgehead atoms. The minimum absolute atomic E-state index is 0.0249. The molecule has 1 unspecified atom stereocenters. The van der Waals surface area contributed by atoms with Crippen molar-refractivity contribution in [1.82, 2.24) is 5.43 Å². The summed E-state index contributed by atoms with van der Waals surface area (Å²) in [5.74, 6) is 6.56. The van der Waals surface area contributed by atoms with Crippen LogP contribution >= 0.6 is 0 Å². The van der Waals surface area contributed by atoms with Gasteiger partial charge in [0.05, 0.1) is 6.61 Å². The normalized spacial score (nSPS) is 16.8. The van der Waals surface area contributed by atoms with E-state index in [1.54, 1.807) is 0 Å². The van der Waals surface area contributed by atoms with Crippen molar-refractivity contribution in [2.45, 2.75) is 26.3 Å². The molecule has 16 heavy (non-hydrogen) atoms. The van der Waals surface area contributed by atoms with Gasteiger partial charge in [-0.25, -0.2) is 5.43 Å². The van der Waals surface area contributed by atoms with Crippen LogP contribution in [0.1, 0.15) is 29.2 Å². The molecule has 86 valence electrons. The highest BCUT2D eigenvalue weighted by atomic mass is 16.5. The van der Waals surface area contributed by atoms with Gasteiger partial charge in [0.15, 0.2) is 0 Å². The fourth-order valence-electron chi connectivity index (χ4n) is 2.11. The van der Waals surface area contributed by atoms with E-state index in [1.807, 2.05) is 0 Å². The molecule has 3 N–H and O–H groups in total. The average Bonchev–Trinajstić information content (AvgIpc) is 2.75.